The maximum absolute atomic E-state index is 16.4. The Morgan fingerprint density at radius 3 is 1.93 bits per heavy atom. The summed E-state index contributed by atoms with van der Waals surface area (Å²) in [6, 6.07) is 5.26. The molecular formula is C80H94ClN11O23S. The summed E-state index contributed by atoms with van der Waals surface area (Å²) in [5.74, 6) is -13.1. The van der Waals surface area contributed by atoms with Gasteiger partial charge in [-0.1, -0.05) is 43.6 Å². The van der Waals surface area contributed by atoms with Crippen molar-refractivity contribution in [2.45, 2.75) is 162 Å². The third-order valence-electron chi connectivity index (χ3n) is 22.4. The topological polar surface area (TPSA) is 516 Å². The molecule has 19 N–H and O–H groups in total. The van der Waals surface area contributed by atoms with E-state index in [1.54, 1.807) is 0 Å². The molecule has 6 aromatic rings. The van der Waals surface area contributed by atoms with Gasteiger partial charge in [0.05, 0.1) is 22.4 Å². The van der Waals surface area contributed by atoms with Crippen LogP contribution in [-0.4, -0.2) is 203 Å². The molecule has 0 aromatic heterocycles. The highest BCUT2D eigenvalue weighted by Gasteiger charge is 2.51. The van der Waals surface area contributed by atoms with E-state index in [1.807, 2.05) is 37.6 Å². The number of nitrogens with two attached hydrogens (primary N) is 1. The molecule has 5 fully saturated rings. The zero-order valence-electron chi connectivity index (χ0n) is 63.9. The van der Waals surface area contributed by atoms with Crippen molar-refractivity contribution in [2.24, 2.45) is 35.3 Å². The largest absolute Gasteiger partial charge is 0.508 e. The number of aryl methyl sites for hydroxylation is 1. The van der Waals surface area contributed by atoms with E-state index in [9.17, 15) is 58.9 Å². The number of nitrogens with zero attached hydrogens (tertiary/aromatic N) is 1. The van der Waals surface area contributed by atoms with E-state index in [2.05, 4.69) is 42.5 Å². The number of amides is 8. The second-order valence-electron chi connectivity index (χ2n) is 31.4. The van der Waals surface area contributed by atoms with Crippen LogP contribution in [-0.2, 0) is 53.1 Å². The molecule has 36 heteroatoms. The average Bonchev–Trinajstić information content (AvgIpc) is 0.757. The van der Waals surface area contributed by atoms with Gasteiger partial charge < -0.3 is 118 Å². The van der Waals surface area contributed by atoms with Crippen molar-refractivity contribution >= 4 is 68.9 Å². The first-order valence-corrected chi connectivity index (χ1v) is 40.0. The molecule has 8 amide bonds. The molecule has 4 aliphatic carbocycles. The second kappa shape index (κ2) is 34.4. The van der Waals surface area contributed by atoms with Crippen molar-refractivity contribution in [1.29, 1.82) is 0 Å². The molecule has 620 valence electrons. The van der Waals surface area contributed by atoms with Crippen molar-refractivity contribution < 1.29 is 111 Å². The number of carbonyl (C=O) groups is 8. The number of rotatable bonds is 18. The Morgan fingerprint density at radius 1 is 0.664 bits per heavy atom. The molecule has 14 atom stereocenters. The van der Waals surface area contributed by atoms with Gasteiger partial charge in [-0.15, -0.1) is 0 Å². The molecule has 6 heterocycles. The Kier molecular flexibility index (Phi) is 24.8. The van der Waals surface area contributed by atoms with Crippen molar-refractivity contribution in [3.8, 4) is 62.9 Å². The number of aliphatic hydroxyl groups is 5. The summed E-state index contributed by atoms with van der Waals surface area (Å²) in [6.45, 7) is 5.40. The molecule has 6 aliphatic heterocycles. The summed E-state index contributed by atoms with van der Waals surface area (Å²) in [7, 11) is 0.233. The fraction of sp³-hybridized carbons (Fsp3) is 0.450. The summed E-state index contributed by atoms with van der Waals surface area (Å²) in [5, 5.41) is 116. The van der Waals surface area contributed by atoms with Gasteiger partial charge in [-0.3, -0.25) is 38.4 Å². The summed E-state index contributed by atoms with van der Waals surface area (Å²) < 4.78 is 61.9. The van der Waals surface area contributed by atoms with E-state index in [0.29, 0.717) is 18.4 Å². The molecule has 0 spiro atoms. The van der Waals surface area contributed by atoms with Crippen LogP contribution >= 0.6 is 11.6 Å². The summed E-state index contributed by atoms with van der Waals surface area (Å²) in [4.78, 5) is 125. The molecule has 16 rings (SSSR count). The summed E-state index contributed by atoms with van der Waals surface area (Å²) in [5.41, 5.74) is 4.08. The van der Waals surface area contributed by atoms with Crippen LogP contribution in [0.4, 0.5) is 0 Å². The molecule has 34 nitrogen and oxygen atoms in total. The molecule has 1 saturated heterocycles. The Morgan fingerprint density at radius 2 is 1.29 bits per heavy atom. The van der Waals surface area contributed by atoms with E-state index in [-0.39, 0.29) is 98.0 Å². The van der Waals surface area contributed by atoms with Crippen LogP contribution in [0, 0.1) is 36.5 Å². The van der Waals surface area contributed by atoms with Gasteiger partial charge in [-0.25, -0.2) is 13.1 Å². The number of phenolic OH excluding ortho intramolecular Hbond substituents is 3. The number of hydrogen-bond acceptors (Lipinski definition) is 26. The third-order valence-corrected chi connectivity index (χ3v) is 24.1. The molecule has 116 heavy (non-hydrogen) atoms. The van der Waals surface area contributed by atoms with Crippen LogP contribution in [0.25, 0.3) is 11.1 Å². The number of hydrogen-bond donors (Lipinski definition) is 18. The molecular weight excluding hydrogens is 1550 g/mol. The third kappa shape index (κ3) is 17.8. The predicted molar refractivity (Wildman–Crippen MR) is 413 cm³/mol. The first-order valence-electron chi connectivity index (χ1n) is 38.1. The van der Waals surface area contributed by atoms with Crippen LogP contribution in [0.15, 0.2) is 108 Å². The van der Waals surface area contributed by atoms with E-state index < -0.39 is 200 Å². The van der Waals surface area contributed by atoms with Gasteiger partial charge in [0.25, 0.3) is 10.0 Å². The number of benzene rings is 6. The highest BCUT2D eigenvalue weighted by molar-refractivity contribution is 7.90. The zero-order chi connectivity index (χ0) is 83.2. The van der Waals surface area contributed by atoms with Crippen molar-refractivity contribution in [3.63, 3.8) is 0 Å². The van der Waals surface area contributed by atoms with Crippen molar-refractivity contribution in [3.05, 3.63) is 142 Å². The van der Waals surface area contributed by atoms with Crippen molar-refractivity contribution in [1.82, 2.24) is 52.2 Å². The number of carbonyl (C=O) groups excluding carboxylic acids is 8. The fourth-order valence-electron chi connectivity index (χ4n) is 16.7. The monoisotopic (exact) mass is 1640 g/mol. The predicted octanol–water partition coefficient (Wildman–Crippen LogP) is 2.31. The maximum atomic E-state index is 16.4. The Labute approximate surface area is 671 Å². The lowest BCUT2D eigenvalue weighted by molar-refractivity contribution is -0.270. The lowest BCUT2D eigenvalue weighted by Crippen LogP contribution is -2.60. The van der Waals surface area contributed by atoms with Gasteiger partial charge in [0.2, 0.25) is 59.3 Å². The number of ether oxygens (including phenoxy) is 5. The minimum Gasteiger partial charge on any atom is -0.508 e. The number of fused-ring (bicyclic) bond motifs is 15. The second-order valence-corrected chi connectivity index (χ2v) is 33.5. The quantitative estimate of drug-likeness (QED) is 0.0587. The first kappa shape index (κ1) is 83.5. The van der Waals surface area contributed by atoms with Gasteiger partial charge in [0, 0.05) is 36.3 Å². The van der Waals surface area contributed by atoms with Crippen LogP contribution in [0.5, 0.6) is 51.7 Å². The lowest BCUT2D eigenvalue weighted by atomic mass is 9.54. The molecule has 15 bridgehead atoms. The number of likely N-dealkylation sites (N-methyl/N-ethyl adjacent to an activating group) is 2. The SMILES string of the molecule is CN[C@H](CC(C)C)C(=O)N[C@H]1C(=O)N[C@@H](CC(=O)NS(=O)(=O)c2ccc(OCCN(C)C)cc2)C(=O)N[C@H]2C(=O)N[C@H]3C(=O)N[C@H](C(=O)N[C@H](C(=O)NC4C5CC6CC(C5)CC4C6)c4cc(O)cc(O)c4-c4cc3ccc4O)[C@H](O)c3ccc(c(Cl)c3)Oc3cc2cc(c3O[C@@H]2O[C@H](CN)[C@@H](O)[C@H](O)[C@H]2O)Oc2ccc(cc2C)[C@H]1O. The van der Waals surface area contributed by atoms with Gasteiger partial charge >= 0.3 is 0 Å². The van der Waals surface area contributed by atoms with E-state index in [1.165, 1.54) is 56.4 Å². The highest BCUT2D eigenvalue weighted by atomic mass is 35.5. The summed E-state index contributed by atoms with van der Waals surface area (Å²) in [6.07, 6.45) is -10.3. The normalized spacial score (nSPS) is 28.0. The van der Waals surface area contributed by atoms with Crippen LogP contribution in [0.1, 0.15) is 123 Å². The van der Waals surface area contributed by atoms with Gasteiger partial charge in [-0.05, 0) is 208 Å². The minimum atomic E-state index is -4.88. The number of halogens is 1. The van der Waals surface area contributed by atoms with Crippen LogP contribution in [0.3, 0.4) is 0 Å². The summed E-state index contributed by atoms with van der Waals surface area (Å²) >= 11 is 7.18. The lowest BCUT2D eigenvalue weighted by Gasteiger charge is -2.54. The maximum Gasteiger partial charge on any atom is 0.264 e. The minimum absolute atomic E-state index is 0.0656. The van der Waals surface area contributed by atoms with Gasteiger partial charge in [0.1, 0.15) is 114 Å². The van der Waals surface area contributed by atoms with E-state index >= 15 is 28.8 Å². The standard InChI is InChI=1S/C80H94ClN11O23S/c1-34(2)19-50(83-4)73(102)89-65-67(97)39-8-15-54(35(3)20-39)112-56-28-43-29-57(72(56)115-80-71(101)70(100)69(99)58(33-82)114-80)113-55-16-9-40(27-49(55)81)68(98)66-79(108)88-64(77(106)85-61-41-22-36-21-37(24-41)25-42(61)23-36)48-30-44(93)31-53(95)60(48)47-26-38(7-14-52(47)94)62(75(104)90-66)87-76(105)63(43)86-74(103)51(84-78(65)107)32-59(96)91-116(109,110)46-12-10-45(11-13-46)111-18-17-92(5)6/h7-16,20,26-31,34,36-37,41-42,50-51,58,61-71,80,83,93-95,97-101H,17-19,21-25,32-33,82H2,1-6H3,(H,84,107)(H,85,106)(H,86,103)(H,87,105)(H,88,108)(H,89,102)(H,90,104)(H,91,96)/t36?,37?,41?,42?,50-,51+,58-,61?,62-,63-,64+,65-,66+,67-,68-,69-,70+,71-,80+/m1/s1. The molecule has 6 aromatic carbocycles. The van der Waals surface area contributed by atoms with Gasteiger partial charge in [0.15, 0.2) is 11.5 Å². The van der Waals surface area contributed by atoms with E-state index in [4.69, 9.17) is 41.0 Å². The number of aliphatic hydroxyl groups excluding tert-OH is 5. The van der Waals surface area contributed by atoms with Crippen LogP contribution < -0.4 is 71.9 Å². The molecule has 4 saturated carbocycles. The molecule has 0 radical (unpaired) electrons. The van der Waals surface area contributed by atoms with Gasteiger partial charge in [-0.2, -0.15) is 0 Å². The zero-order valence-corrected chi connectivity index (χ0v) is 65.5. The first-order chi connectivity index (χ1) is 55.1. The smallest absolute Gasteiger partial charge is 0.264 e. The Balaban J connectivity index is 0.996. The molecule has 0 unspecified atom stereocenters. The number of aromatic hydroxyl groups is 3. The number of phenols is 3. The fourth-order valence-corrected chi connectivity index (χ4v) is 17.9. The number of nitrogens with one attached hydrogen (secondary N) is 9. The van der Waals surface area contributed by atoms with E-state index in [0.717, 1.165) is 92.8 Å². The Bertz CT molecular complexity index is 4890. The number of sulfonamides is 1. The average molecular weight is 1650 g/mol. The van der Waals surface area contributed by atoms with Crippen LogP contribution in [0.2, 0.25) is 5.02 Å². The molecule has 10 aliphatic rings. The highest BCUT2D eigenvalue weighted by Crippen LogP contribution is 2.55. The Hall–Kier alpha value is -10.4. The van der Waals surface area contributed by atoms with Crippen molar-refractivity contribution in [2.75, 3.05) is 40.8 Å².